The summed E-state index contributed by atoms with van der Waals surface area (Å²) >= 11 is 0. The van der Waals surface area contributed by atoms with Crippen LogP contribution >= 0.6 is 0 Å². The fourth-order valence-electron chi connectivity index (χ4n) is 5.00. The van der Waals surface area contributed by atoms with E-state index in [1.165, 1.54) is 0 Å². The topological polar surface area (TPSA) is 124 Å². The van der Waals surface area contributed by atoms with E-state index in [0.29, 0.717) is 5.95 Å². The van der Waals surface area contributed by atoms with Crippen molar-refractivity contribution < 1.29 is 4.52 Å². The Labute approximate surface area is 209 Å². The first-order valence-electron chi connectivity index (χ1n) is 12.4. The average molecular weight is 487 g/mol. The molecule has 11 heteroatoms. The summed E-state index contributed by atoms with van der Waals surface area (Å²) in [6.07, 6.45) is 5.67. The van der Waals surface area contributed by atoms with Crippen molar-refractivity contribution >= 4 is 17.6 Å². The highest BCUT2D eigenvalue weighted by molar-refractivity contribution is 5.59. The molecule has 2 atom stereocenters. The maximum Gasteiger partial charge on any atom is 0.227 e. The van der Waals surface area contributed by atoms with E-state index in [0.717, 1.165) is 79.1 Å². The van der Waals surface area contributed by atoms with Gasteiger partial charge in [0.25, 0.3) is 0 Å². The molecule has 0 saturated carbocycles. The largest absolute Gasteiger partial charge is 0.358 e. The number of nitrogens with one attached hydrogen (secondary N) is 3. The molecule has 2 unspecified atom stereocenters. The molecule has 0 aromatic carbocycles. The minimum absolute atomic E-state index is 0.0142. The number of likely N-dealkylation sites (N-methyl/N-ethyl adjacent to an activating group) is 1. The quantitative estimate of drug-likeness (QED) is 0.374. The van der Waals surface area contributed by atoms with Crippen molar-refractivity contribution in [3.05, 3.63) is 59.7 Å². The maximum atomic E-state index is 5.78. The molecule has 6 heterocycles. The van der Waals surface area contributed by atoms with Gasteiger partial charge in [-0.1, -0.05) is 11.2 Å². The monoisotopic (exact) mass is 486 g/mol. The highest BCUT2D eigenvalue weighted by Crippen LogP contribution is 2.37. The normalized spacial score (nSPS) is 20.7. The average Bonchev–Trinajstić information content (AvgIpc) is 3.66. The van der Waals surface area contributed by atoms with Crippen LogP contribution in [-0.4, -0.2) is 68.4 Å². The van der Waals surface area contributed by atoms with Gasteiger partial charge in [0, 0.05) is 62.0 Å². The van der Waals surface area contributed by atoms with Crippen molar-refractivity contribution in [3.8, 4) is 11.4 Å². The molecular formula is C25H30N10O. The number of hydrogen-bond acceptors (Lipinski definition) is 10. The van der Waals surface area contributed by atoms with E-state index in [1.54, 1.807) is 6.20 Å². The number of rotatable bonds is 6. The fraction of sp³-hybridized carbons (Fsp3) is 0.400. The Hall–Kier alpha value is -3.83. The smallest absolute Gasteiger partial charge is 0.227 e. The molecule has 2 aliphatic heterocycles. The van der Waals surface area contributed by atoms with Gasteiger partial charge in [0.15, 0.2) is 11.6 Å². The molecule has 6 rings (SSSR count). The van der Waals surface area contributed by atoms with E-state index in [2.05, 4.69) is 47.8 Å². The molecule has 0 spiro atoms. The number of aromatic nitrogens is 6. The van der Waals surface area contributed by atoms with E-state index < -0.39 is 0 Å². The number of anilines is 3. The van der Waals surface area contributed by atoms with Gasteiger partial charge in [0.1, 0.15) is 11.5 Å². The third-order valence-electron chi connectivity index (χ3n) is 6.92. The summed E-state index contributed by atoms with van der Waals surface area (Å²) in [6.45, 7) is 5.60. The van der Waals surface area contributed by atoms with Gasteiger partial charge in [0.05, 0.1) is 17.8 Å². The Morgan fingerprint density at radius 1 is 1.11 bits per heavy atom. The number of pyridine rings is 1. The lowest BCUT2D eigenvalue weighted by Gasteiger charge is -2.34. The Bertz CT molecular complexity index is 1320. The molecule has 4 aromatic heterocycles. The van der Waals surface area contributed by atoms with E-state index in [4.69, 9.17) is 14.5 Å². The second-order valence-electron chi connectivity index (χ2n) is 9.42. The minimum atomic E-state index is 0.0142. The van der Waals surface area contributed by atoms with Crippen molar-refractivity contribution in [1.82, 2.24) is 40.5 Å². The predicted molar refractivity (Wildman–Crippen MR) is 136 cm³/mol. The van der Waals surface area contributed by atoms with Crippen molar-refractivity contribution in [2.45, 2.75) is 31.8 Å². The molecule has 0 aliphatic carbocycles. The van der Waals surface area contributed by atoms with Crippen LogP contribution in [0, 0.1) is 6.92 Å². The lowest BCUT2D eigenvalue weighted by Crippen LogP contribution is -2.44. The molecule has 2 fully saturated rings. The van der Waals surface area contributed by atoms with Gasteiger partial charge >= 0.3 is 0 Å². The standard InChI is InChI=1S/C25H30N10O/c1-16-12-23(32-31-16)29-24-17(21-15-26-9-11-34(21)2)14-28-25(30-24)35-10-5-7-20(35)22-13-19(33-36-22)18-6-3-4-8-27-18/h3-4,6,8,12-14,20-21,26H,5,7,9-11,15H2,1-2H3,(H2,28,29,30,31,32). The predicted octanol–water partition coefficient (Wildman–Crippen LogP) is 3.22. The van der Waals surface area contributed by atoms with Gasteiger partial charge in [-0.2, -0.15) is 10.1 Å². The summed E-state index contributed by atoms with van der Waals surface area (Å²) in [6, 6.07) is 9.90. The number of aromatic amines is 1. The Balaban J connectivity index is 1.32. The van der Waals surface area contributed by atoms with Crippen LogP contribution in [0.15, 0.2) is 47.2 Å². The molecule has 186 valence electrons. The van der Waals surface area contributed by atoms with Crippen LogP contribution in [0.25, 0.3) is 11.4 Å². The third kappa shape index (κ3) is 4.42. The van der Waals surface area contributed by atoms with Gasteiger partial charge in [-0.25, -0.2) is 4.98 Å². The SMILES string of the molecule is Cc1cc(Nc2nc(N3CCCC3c3cc(-c4ccccn4)no3)ncc2C2CNCCN2C)n[nH]1. The van der Waals surface area contributed by atoms with Crippen LogP contribution in [0.1, 0.15) is 41.9 Å². The molecular weight excluding hydrogens is 456 g/mol. The van der Waals surface area contributed by atoms with Gasteiger partial charge < -0.3 is 20.1 Å². The molecule has 0 radical (unpaired) electrons. The summed E-state index contributed by atoms with van der Waals surface area (Å²) in [5.74, 6) is 2.97. The molecule has 4 aromatic rings. The fourth-order valence-corrected chi connectivity index (χ4v) is 5.00. The lowest BCUT2D eigenvalue weighted by molar-refractivity contribution is 0.202. The van der Waals surface area contributed by atoms with Crippen molar-refractivity contribution in [2.24, 2.45) is 0 Å². The Kier molecular flexibility index (Phi) is 6.08. The minimum Gasteiger partial charge on any atom is -0.358 e. The second kappa shape index (κ2) is 9.67. The van der Waals surface area contributed by atoms with E-state index in [-0.39, 0.29) is 12.1 Å². The number of hydrogen-bond donors (Lipinski definition) is 3. The highest BCUT2D eigenvalue weighted by atomic mass is 16.5. The molecule has 3 N–H and O–H groups in total. The first-order valence-corrected chi connectivity index (χ1v) is 12.4. The van der Waals surface area contributed by atoms with Gasteiger partial charge in [-0.15, -0.1) is 0 Å². The van der Waals surface area contributed by atoms with Crippen molar-refractivity contribution in [2.75, 3.05) is 43.4 Å². The van der Waals surface area contributed by atoms with Crippen LogP contribution in [0.4, 0.5) is 17.6 Å². The summed E-state index contributed by atoms with van der Waals surface area (Å²) < 4.78 is 5.78. The molecule has 0 amide bonds. The lowest BCUT2D eigenvalue weighted by atomic mass is 10.1. The van der Waals surface area contributed by atoms with Crippen LogP contribution in [0.3, 0.4) is 0 Å². The van der Waals surface area contributed by atoms with Crippen LogP contribution in [-0.2, 0) is 0 Å². The number of piperazine rings is 1. The number of aryl methyl sites for hydroxylation is 1. The van der Waals surface area contributed by atoms with Gasteiger partial charge in [-0.05, 0) is 38.9 Å². The highest BCUT2D eigenvalue weighted by Gasteiger charge is 2.33. The van der Waals surface area contributed by atoms with Crippen LogP contribution in [0.2, 0.25) is 0 Å². The second-order valence-corrected chi connectivity index (χ2v) is 9.42. The summed E-state index contributed by atoms with van der Waals surface area (Å²) in [5, 5.41) is 18.6. The third-order valence-corrected chi connectivity index (χ3v) is 6.92. The zero-order valence-electron chi connectivity index (χ0n) is 20.5. The zero-order valence-corrected chi connectivity index (χ0v) is 20.5. The summed E-state index contributed by atoms with van der Waals surface area (Å²) in [7, 11) is 2.14. The summed E-state index contributed by atoms with van der Waals surface area (Å²) in [5.41, 5.74) is 3.56. The van der Waals surface area contributed by atoms with E-state index in [1.807, 2.05) is 43.5 Å². The van der Waals surface area contributed by atoms with Gasteiger partial charge in [0.2, 0.25) is 5.95 Å². The molecule has 0 bridgehead atoms. The molecule has 2 aliphatic rings. The number of nitrogens with zero attached hydrogens (tertiary/aromatic N) is 7. The van der Waals surface area contributed by atoms with Crippen molar-refractivity contribution in [3.63, 3.8) is 0 Å². The van der Waals surface area contributed by atoms with Crippen LogP contribution < -0.4 is 15.5 Å². The molecule has 36 heavy (non-hydrogen) atoms. The molecule has 11 nitrogen and oxygen atoms in total. The van der Waals surface area contributed by atoms with E-state index in [9.17, 15) is 0 Å². The van der Waals surface area contributed by atoms with Crippen LogP contribution in [0.5, 0.6) is 0 Å². The maximum absolute atomic E-state index is 5.78. The Morgan fingerprint density at radius 2 is 2.06 bits per heavy atom. The van der Waals surface area contributed by atoms with Crippen molar-refractivity contribution in [1.29, 1.82) is 0 Å². The molecule has 2 saturated heterocycles. The van der Waals surface area contributed by atoms with Gasteiger partial charge in [-0.3, -0.25) is 15.0 Å². The number of H-pyrrole nitrogens is 1. The van der Waals surface area contributed by atoms with E-state index >= 15 is 0 Å². The summed E-state index contributed by atoms with van der Waals surface area (Å²) in [4.78, 5) is 18.8. The first-order chi connectivity index (χ1) is 17.7. The first kappa shape index (κ1) is 22.6. The zero-order chi connectivity index (χ0) is 24.5. The Morgan fingerprint density at radius 3 is 2.86 bits per heavy atom.